The van der Waals surface area contributed by atoms with Crippen LogP contribution in [0.3, 0.4) is 0 Å². The predicted molar refractivity (Wildman–Crippen MR) is 80.4 cm³/mol. The molecule has 0 saturated carbocycles. The molecule has 6 heteroatoms. The predicted octanol–water partition coefficient (Wildman–Crippen LogP) is 4.87. The minimum absolute atomic E-state index is 0.00882. The summed E-state index contributed by atoms with van der Waals surface area (Å²) < 4.78 is 32.1. The average molecular weight is 318 g/mol. The number of hydrogen-bond donors (Lipinski definition) is 0. The number of rotatable bonds is 4. The molecule has 3 rings (SSSR count). The molecule has 1 heterocycles. The maximum atomic E-state index is 13.7. The van der Waals surface area contributed by atoms with Crippen LogP contribution in [0.2, 0.25) is 0 Å². The summed E-state index contributed by atoms with van der Waals surface area (Å²) in [7, 11) is 0. The van der Waals surface area contributed by atoms with Gasteiger partial charge in [0, 0.05) is 5.25 Å². The molecule has 0 bridgehead atoms. The summed E-state index contributed by atoms with van der Waals surface area (Å²) in [6.07, 6.45) is 0. The Morgan fingerprint density at radius 3 is 2.45 bits per heavy atom. The van der Waals surface area contributed by atoms with Gasteiger partial charge in [0.15, 0.2) is 0 Å². The Labute approximate surface area is 130 Å². The summed E-state index contributed by atoms with van der Waals surface area (Å²) in [5, 5.41) is 8.14. The SMILES string of the molecule is CC(Sc1nnc(-c2ccccc2F)o1)c1ccc(F)cc1. The maximum absolute atomic E-state index is 13.7. The van der Waals surface area contributed by atoms with Crippen LogP contribution in [0.4, 0.5) is 8.78 Å². The van der Waals surface area contributed by atoms with E-state index < -0.39 is 5.82 Å². The van der Waals surface area contributed by atoms with E-state index in [2.05, 4.69) is 10.2 Å². The van der Waals surface area contributed by atoms with Gasteiger partial charge in [-0.1, -0.05) is 36.0 Å². The highest BCUT2D eigenvalue weighted by Crippen LogP contribution is 2.35. The summed E-state index contributed by atoms with van der Waals surface area (Å²) in [5.74, 6) is -0.540. The standard InChI is InChI=1S/C16H12F2N2OS/c1-10(11-6-8-12(17)9-7-11)22-16-20-19-15(21-16)13-4-2-3-5-14(13)18/h2-10H,1H3. The summed E-state index contributed by atoms with van der Waals surface area (Å²) >= 11 is 1.34. The maximum Gasteiger partial charge on any atom is 0.277 e. The molecule has 1 aromatic heterocycles. The highest BCUT2D eigenvalue weighted by molar-refractivity contribution is 7.99. The molecule has 0 fully saturated rings. The Morgan fingerprint density at radius 2 is 1.73 bits per heavy atom. The zero-order chi connectivity index (χ0) is 15.5. The van der Waals surface area contributed by atoms with Crippen molar-refractivity contribution in [3.8, 4) is 11.5 Å². The fourth-order valence-electron chi connectivity index (χ4n) is 1.95. The first-order valence-corrected chi connectivity index (χ1v) is 7.52. The Balaban J connectivity index is 1.77. The Bertz CT molecular complexity index is 774. The van der Waals surface area contributed by atoms with Crippen LogP contribution in [0.1, 0.15) is 17.7 Å². The highest BCUT2D eigenvalue weighted by atomic mass is 32.2. The van der Waals surface area contributed by atoms with Crippen LogP contribution in [-0.2, 0) is 0 Å². The molecule has 0 aliphatic rings. The van der Waals surface area contributed by atoms with Gasteiger partial charge >= 0.3 is 0 Å². The van der Waals surface area contributed by atoms with E-state index in [0.717, 1.165) is 5.56 Å². The molecule has 0 N–H and O–H groups in total. The number of aromatic nitrogens is 2. The van der Waals surface area contributed by atoms with Crippen LogP contribution in [0.5, 0.6) is 0 Å². The normalized spacial score (nSPS) is 12.3. The molecular formula is C16H12F2N2OS. The molecule has 0 radical (unpaired) electrons. The highest BCUT2D eigenvalue weighted by Gasteiger charge is 2.16. The lowest BCUT2D eigenvalue weighted by Crippen LogP contribution is -1.88. The first-order chi connectivity index (χ1) is 10.6. The second kappa shape index (κ2) is 6.27. The van der Waals surface area contributed by atoms with E-state index in [4.69, 9.17) is 4.42 Å². The number of halogens is 2. The van der Waals surface area contributed by atoms with Crippen molar-refractivity contribution in [2.24, 2.45) is 0 Å². The van der Waals surface area contributed by atoms with Crippen LogP contribution < -0.4 is 0 Å². The average Bonchev–Trinajstić information content (AvgIpc) is 2.96. The minimum Gasteiger partial charge on any atom is -0.411 e. The third-order valence-electron chi connectivity index (χ3n) is 3.13. The van der Waals surface area contributed by atoms with E-state index >= 15 is 0 Å². The zero-order valence-corrected chi connectivity index (χ0v) is 12.5. The van der Waals surface area contributed by atoms with Crippen LogP contribution >= 0.6 is 11.8 Å². The second-order valence-electron chi connectivity index (χ2n) is 4.66. The molecule has 1 unspecified atom stereocenters. The van der Waals surface area contributed by atoms with E-state index in [-0.39, 0.29) is 22.5 Å². The number of nitrogens with zero attached hydrogens (tertiary/aromatic N) is 2. The van der Waals surface area contributed by atoms with E-state index in [1.54, 1.807) is 30.3 Å². The van der Waals surface area contributed by atoms with Gasteiger partial charge in [-0.15, -0.1) is 10.2 Å². The van der Waals surface area contributed by atoms with Gasteiger partial charge in [0.2, 0.25) is 0 Å². The van der Waals surface area contributed by atoms with Gasteiger partial charge < -0.3 is 4.42 Å². The summed E-state index contributed by atoms with van der Waals surface area (Å²) in [4.78, 5) is 0. The van der Waals surface area contributed by atoms with Gasteiger partial charge in [0.1, 0.15) is 11.6 Å². The van der Waals surface area contributed by atoms with Crippen LogP contribution in [0, 0.1) is 11.6 Å². The molecule has 0 amide bonds. The van der Waals surface area contributed by atoms with Crippen molar-refractivity contribution in [2.45, 2.75) is 17.4 Å². The van der Waals surface area contributed by atoms with Gasteiger partial charge in [-0.2, -0.15) is 0 Å². The quantitative estimate of drug-likeness (QED) is 0.643. The van der Waals surface area contributed by atoms with Crippen LogP contribution in [-0.4, -0.2) is 10.2 Å². The van der Waals surface area contributed by atoms with Crippen molar-refractivity contribution >= 4 is 11.8 Å². The molecule has 3 nitrogen and oxygen atoms in total. The lowest BCUT2D eigenvalue weighted by Gasteiger charge is -2.08. The molecule has 112 valence electrons. The third-order valence-corrected chi connectivity index (χ3v) is 4.12. The van der Waals surface area contributed by atoms with Crippen LogP contribution in [0.25, 0.3) is 11.5 Å². The molecule has 0 spiro atoms. The molecule has 1 atom stereocenters. The second-order valence-corrected chi connectivity index (χ2v) is 5.96. The van der Waals surface area contributed by atoms with Crippen molar-refractivity contribution in [3.63, 3.8) is 0 Å². The molecule has 0 aliphatic carbocycles. The largest absolute Gasteiger partial charge is 0.411 e. The number of benzene rings is 2. The summed E-state index contributed by atoms with van der Waals surface area (Å²) in [6, 6.07) is 12.5. The fraction of sp³-hybridized carbons (Fsp3) is 0.125. The molecule has 3 aromatic rings. The van der Waals surface area contributed by atoms with Crippen molar-refractivity contribution < 1.29 is 13.2 Å². The van der Waals surface area contributed by atoms with Gasteiger partial charge in [0.05, 0.1) is 5.56 Å². The fourth-order valence-corrected chi connectivity index (χ4v) is 2.76. The first kappa shape index (κ1) is 14.7. The van der Waals surface area contributed by atoms with E-state index in [1.165, 1.54) is 30.0 Å². The summed E-state index contributed by atoms with van der Waals surface area (Å²) in [5.41, 5.74) is 1.22. The Kier molecular flexibility index (Phi) is 4.20. The Morgan fingerprint density at radius 1 is 1.00 bits per heavy atom. The van der Waals surface area contributed by atoms with E-state index in [1.807, 2.05) is 6.92 Å². The monoisotopic (exact) mass is 318 g/mol. The van der Waals surface area contributed by atoms with Crippen molar-refractivity contribution in [1.82, 2.24) is 10.2 Å². The van der Waals surface area contributed by atoms with Crippen molar-refractivity contribution in [3.05, 3.63) is 65.7 Å². The van der Waals surface area contributed by atoms with E-state index in [0.29, 0.717) is 5.22 Å². The molecule has 22 heavy (non-hydrogen) atoms. The first-order valence-electron chi connectivity index (χ1n) is 6.64. The lowest BCUT2D eigenvalue weighted by atomic mass is 10.2. The summed E-state index contributed by atoms with van der Waals surface area (Å²) in [6.45, 7) is 1.95. The van der Waals surface area contributed by atoms with Crippen molar-refractivity contribution in [2.75, 3.05) is 0 Å². The zero-order valence-electron chi connectivity index (χ0n) is 11.7. The Hall–Kier alpha value is -2.21. The van der Waals surface area contributed by atoms with Gasteiger partial charge in [-0.25, -0.2) is 8.78 Å². The topological polar surface area (TPSA) is 38.9 Å². The molecular weight excluding hydrogens is 306 g/mol. The van der Waals surface area contributed by atoms with Crippen molar-refractivity contribution in [1.29, 1.82) is 0 Å². The lowest BCUT2D eigenvalue weighted by molar-refractivity contribution is 0.462. The van der Waals surface area contributed by atoms with Gasteiger partial charge in [0.25, 0.3) is 11.1 Å². The number of thioether (sulfide) groups is 1. The van der Waals surface area contributed by atoms with Gasteiger partial charge in [-0.3, -0.25) is 0 Å². The molecule has 0 aliphatic heterocycles. The minimum atomic E-state index is -0.408. The van der Waals surface area contributed by atoms with E-state index in [9.17, 15) is 8.78 Å². The van der Waals surface area contributed by atoms with Crippen LogP contribution in [0.15, 0.2) is 58.2 Å². The third kappa shape index (κ3) is 3.17. The molecule has 2 aromatic carbocycles. The van der Waals surface area contributed by atoms with Gasteiger partial charge in [-0.05, 0) is 36.8 Å². The molecule has 0 saturated heterocycles. The number of hydrogen-bond acceptors (Lipinski definition) is 4. The smallest absolute Gasteiger partial charge is 0.277 e.